The molecule has 0 unspecified atom stereocenters. The van der Waals surface area contributed by atoms with Gasteiger partial charge in [-0.05, 0) is 12.2 Å². The van der Waals surface area contributed by atoms with Gasteiger partial charge < -0.3 is 0 Å². The van der Waals surface area contributed by atoms with Gasteiger partial charge in [0.25, 0.3) is 0 Å². The molecule has 11 heavy (non-hydrogen) atoms. The smallest absolute Gasteiger partial charge is 0.236 e. The van der Waals surface area contributed by atoms with Crippen LogP contribution in [0.1, 0.15) is 6.42 Å². The van der Waals surface area contributed by atoms with Crippen molar-refractivity contribution in [2.45, 2.75) is 13.0 Å². The molecule has 0 atom stereocenters. The summed E-state index contributed by atoms with van der Waals surface area (Å²) in [5, 5.41) is 0. The molecule has 0 aliphatic heterocycles. The molecule has 0 N–H and O–H groups in total. The molecule has 1 rings (SSSR count). The van der Waals surface area contributed by atoms with E-state index in [2.05, 4.69) is 23.8 Å². The molecule has 1 heterocycles. The Morgan fingerprint density at radius 1 is 1.64 bits per heavy atom. The lowest BCUT2D eigenvalue weighted by atomic mass is 10.5. The minimum Gasteiger partial charge on any atom is -0.236 e. The Labute approximate surface area is 72.6 Å². The van der Waals surface area contributed by atoms with E-state index < -0.39 is 0 Å². The molecular formula is C8H13N2S+. The maximum absolute atomic E-state index is 4.14. The molecular weight excluding hydrogens is 156 g/mol. The van der Waals surface area contributed by atoms with Crippen LogP contribution in [0.2, 0.25) is 0 Å². The van der Waals surface area contributed by atoms with Gasteiger partial charge in [-0.3, -0.25) is 0 Å². The Morgan fingerprint density at radius 2 is 2.45 bits per heavy atom. The van der Waals surface area contributed by atoms with Crippen molar-refractivity contribution in [3.63, 3.8) is 0 Å². The Balaban J connectivity index is 2.51. The third kappa shape index (κ3) is 2.42. The highest BCUT2D eigenvalue weighted by Gasteiger charge is 1.98. The van der Waals surface area contributed by atoms with E-state index >= 15 is 0 Å². The Hall–Kier alpha value is -0.700. The number of hydrogen-bond acceptors (Lipinski definition) is 1. The fraction of sp³-hybridized carbons (Fsp3) is 0.375. The number of thiol groups is 1. The zero-order valence-electron chi connectivity index (χ0n) is 6.48. The first-order chi connectivity index (χ1) is 5.36. The van der Waals surface area contributed by atoms with Crippen LogP contribution in [-0.4, -0.2) is 10.3 Å². The Morgan fingerprint density at radius 3 is 3.00 bits per heavy atom. The van der Waals surface area contributed by atoms with Crippen molar-refractivity contribution < 1.29 is 4.57 Å². The van der Waals surface area contributed by atoms with Gasteiger partial charge in [0.1, 0.15) is 12.4 Å². The van der Waals surface area contributed by atoms with Crippen molar-refractivity contribution in [3.05, 3.63) is 25.3 Å². The van der Waals surface area contributed by atoms with E-state index in [1.54, 1.807) is 6.20 Å². The Bertz CT molecular complexity index is 230. The number of rotatable bonds is 4. The van der Waals surface area contributed by atoms with Crippen LogP contribution < -0.4 is 4.57 Å². The topological polar surface area (TPSA) is 8.81 Å². The summed E-state index contributed by atoms with van der Waals surface area (Å²) in [7, 11) is 0. The molecule has 0 amide bonds. The summed E-state index contributed by atoms with van der Waals surface area (Å²) >= 11 is 4.14. The van der Waals surface area contributed by atoms with Crippen molar-refractivity contribution in [1.82, 2.24) is 4.57 Å². The number of hydrogen-bond donors (Lipinski definition) is 1. The van der Waals surface area contributed by atoms with Crippen molar-refractivity contribution in [1.29, 1.82) is 0 Å². The van der Waals surface area contributed by atoms with Crippen molar-refractivity contribution in [3.8, 4) is 0 Å². The average Bonchev–Trinajstić information content (AvgIpc) is 2.48. The van der Waals surface area contributed by atoms with E-state index in [1.807, 2.05) is 23.3 Å². The third-order valence-electron chi connectivity index (χ3n) is 1.50. The number of aryl methyl sites for hydroxylation is 1. The van der Waals surface area contributed by atoms with Gasteiger partial charge in [-0.1, -0.05) is 6.58 Å². The first-order valence-electron chi connectivity index (χ1n) is 3.67. The predicted octanol–water partition coefficient (Wildman–Crippen LogP) is 1.20. The van der Waals surface area contributed by atoms with Crippen LogP contribution in [0.15, 0.2) is 25.3 Å². The van der Waals surface area contributed by atoms with E-state index in [1.165, 1.54) is 0 Å². The monoisotopic (exact) mass is 169 g/mol. The second kappa shape index (κ2) is 4.23. The fourth-order valence-electron chi connectivity index (χ4n) is 0.904. The molecule has 0 saturated carbocycles. The van der Waals surface area contributed by atoms with Gasteiger partial charge in [-0.15, -0.1) is 0 Å². The fourth-order valence-corrected chi connectivity index (χ4v) is 1.05. The minimum absolute atomic E-state index is 0.937. The summed E-state index contributed by atoms with van der Waals surface area (Å²) in [5.41, 5.74) is 0. The highest BCUT2D eigenvalue weighted by Crippen LogP contribution is 1.86. The average molecular weight is 169 g/mol. The molecule has 1 aromatic rings. The molecule has 0 fully saturated rings. The highest BCUT2D eigenvalue weighted by molar-refractivity contribution is 7.80. The predicted molar refractivity (Wildman–Crippen MR) is 49.5 cm³/mol. The molecule has 0 bridgehead atoms. The van der Waals surface area contributed by atoms with Gasteiger partial charge in [0.2, 0.25) is 6.33 Å². The molecule has 0 saturated heterocycles. The van der Waals surface area contributed by atoms with Gasteiger partial charge in [0.15, 0.2) is 0 Å². The lowest BCUT2D eigenvalue weighted by molar-refractivity contribution is -0.695. The number of nitrogens with zero attached hydrogens (tertiary/aromatic N) is 2. The van der Waals surface area contributed by atoms with E-state index in [4.69, 9.17) is 0 Å². The first kappa shape index (κ1) is 8.40. The summed E-state index contributed by atoms with van der Waals surface area (Å²) < 4.78 is 4.05. The molecule has 0 aliphatic rings. The molecule has 2 nitrogen and oxygen atoms in total. The SMILES string of the molecule is C=Cn1cc[n+](CCCS)c1. The Kier molecular flexibility index (Phi) is 3.23. The molecule has 1 aromatic heterocycles. The molecule has 0 radical (unpaired) electrons. The van der Waals surface area contributed by atoms with E-state index in [9.17, 15) is 0 Å². The maximum atomic E-state index is 4.14. The largest absolute Gasteiger partial charge is 0.248 e. The molecule has 0 aromatic carbocycles. The van der Waals surface area contributed by atoms with Gasteiger partial charge >= 0.3 is 0 Å². The number of imidazole rings is 1. The van der Waals surface area contributed by atoms with Gasteiger partial charge in [0, 0.05) is 0 Å². The van der Waals surface area contributed by atoms with Crippen molar-refractivity contribution in [2.24, 2.45) is 0 Å². The van der Waals surface area contributed by atoms with Crippen LogP contribution in [0.3, 0.4) is 0 Å². The maximum Gasteiger partial charge on any atom is 0.248 e. The van der Waals surface area contributed by atoms with Gasteiger partial charge in [0.05, 0.1) is 12.7 Å². The second-order valence-electron chi connectivity index (χ2n) is 2.36. The van der Waals surface area contributed by atoms with E-state index in [0.29, 0.717) is 0 Å². The summed E-state index contributed by atoms with van der Waals surface area (Å²) in [6, 6.07) is 0. The van der Waals surface area contributed by atoms with Crippen LogP contribution in [0.25, 0.3) is 6.20 Å². The molecule has 60 valence electrons. The van der Waals surface area contributed by atoms with Crippen molar-refractivity contribution >= 4 is 18.8 Å². The quantitative estimate of drug-likeness (QED) is 0.512. The van der Waals surface area contributed by atoms with Crippen LogP contribution in [0.5, 0.6) is 0 Å². The first-order valence-corrected chi connectivity index (χ1v) is 4.30. The third-order valence-corrected chi connectivity index (χ3v) is 1.81. The van der Waals surface area contributed by atoms with Gasteiger partial charge in [-0.2, -0.15) is 12.6 Å². The molecule has 0 spiro atoms. The zero-order chi connectivity index (χ0) is 8.10. The van der Waals surface area contributed by atoms with Crippen LogP contribution in [-0.2, 0) is 6.54 Å². The van der Waals surface area contributed by atoms with Crippen LogP contribution in [0, 0.1) is 0 Å². The summed E-state index contributed by atoms with van der Waals surface area (Å²) in [5.74, 6) is 0.937. The van der Waals surface area contributed by atoms with Crippen LogP contribution >= 0.6 is 12.6 Å². The molecule has 0 aliphatic carbocycles. The van der Waals surface area contributed by atoms with Crippen LogP contribution in [0.4, 0.5) is 0 Å². The van der Waals surface area contributed by atoms with E-state index in [-0.39, 0.29) is 0 Å². The van der Waals surface area contributed by atoms with Crippen molar-refractivity contribution in [2.75, 3.05) is 5.75 Å². The molecule has 3 heteroatoms. The lowest BCUT2D eigenvalue weighted by Crippen LogP contribution is -2.30. The second-order valence-corrected chi connectivity index (χ2v) is 2.81. The zero-order valence-corrected chi connectivity index (χ0v) is 7.37. The summed E-state index contributed by atoms with van der Waals surface area (Å²) in [6.07, 6.45) is 8.90. The minimum atomic E-state index is 0.937. The summed E-state index contributed by atoms with van der Waals surface area (Å²) in [6.45, 7) is 4.69. The summed E-state index contributed by atoms with van der Waals surface area (Å²) in [4.78, 5) is 0. The standard InChI is InChI=1S/C8H12N2S/c1-2-9-5-6-10(8-9)4-3-7-11/h2,5-6,8H,1,3-4,7H2/p+1. The van der Waals surface area contributed by atoms with E-state index in [0.717, 1.165) is 18.7 Å². The lowest BCUT2D eigenvalue weighted by Gasteiger charge is -1.90. The van der Waals surface area contributed by atoms with Gasteiger partial charge in [-0.25, -0.2) is 9.13 Å². The normalized spacial score (nSPS) is 9.91. The number of aromatic nitrogens is 2. The highest BCUT2D eigenvalue weighted by atomic mass is 32.1.